The molecule has 3 aromatic rings. The Morgan fingerprint density at radius 3 is 2.59 bits per heavy atom. The summed E-state index contributed by atoms with van der Waals surface area (Å²) in [4.78, 5) is 23.8. The van der Waals surface area contributed by atoms with E-state index in [9.17, 15) is 4.79 Å². The molecule has 0 atom stereocenters. The first-order valence-corrected chi connectivity index (χ1v) is 9.52. The quantitative estimate of drug-likeness (QED) is 0.573. The zero-order valence-corrected chi connectivity index (χ0v) is 18.4. The maximum absolute atomic E-state index is 13.1. The predicted octanol–water partition coefficient (Wildman–Crippen LogP) is 5.25. The fourth-order valence-corrected chi connectivity index (χ4v) is 3.23. The molecular weight excluding hydrogens is 411 g/mol. The van der Waals surface area contributed by atoms with Crippen LogP contribution in [0.15, 0.2) is 36.5 Å². The van der Waals surface area contributed by atoms with Gasteiger partial charge in [0, 0.05) is 35.4 Å². The summed E-state index contributed by atoms with van der Waals surface area (Å²) in [6.07, 6.45) is 1.58. The van der Waals surface area contributed by atoms with Gasteiger partial charge in [-0.25, -0.2) is 9.97 Å². The Bertz CT molecular complexity index is 1020. The van der Waals surface area contributed by atoms with Crippen LogP contribution in [0.2, 0.25) is 5.02 Å². The smallest absolute Gasteiger partial charge is 0.257 e. The lowest BCUT2D eigenvalue weighted by Gasteiger charge is -2.22. The number of pyridine rings is 2. The summed E-state index contributed by atoms with van der Waals surface area (Å²) in [7, 11) is 1.59. The molecule has 2 aromatic heterocycles. The first-order valence-electron chi connectivity index (χ1n) is 9.14. The average Bonchev–Trinajstić information content (AvgIpc) is 2.69. The van der Waals surface area contributed by atoms with Gasteiger partial charge in [0.15, 0.2) is 5.65 Å². The normalized spacial score (nSPS) is 10.4. The fraction of sp³-hybridized carbons (Fsp3) is 0.286. The minimum absolute atomic E-state index is 0. The number of carbonyl (C=O) groups excluding carboxylic acids is 1. The molecule has 6 nitrogen and oxygen atoms in total. The number of hydrogen-bond acceptors (Lipinski definition) is 5. The number of ether oxygens (including phenoxy) is 1. The zero-order valence-electron chi connectivity index (χ0n) is 16.8. The molecule has 1 amide bonds. The van der Waals surface area contributed by atoms with Crippen LogP contribution in [0.4, 0.5) is 11.4 Å². The zero-order chi connectivity index (χ0) is 20.3. The molecule has 29 heavy (non-hydrogen) atoms. The van der Waals surface area contributed by atoms with Crippen molar-refractivity contribution in [1.29, 1.82) is 0 Å². The van der Waals surface area contributed by atoms with E-state index in [1.807, 2.05) is 32.9 Å². The van der Waals surface area contributed by atoms with Crippen molar-refractivity contribution in [2.45, 2.75) is 20.8 Å². The number of methoxy groups -OCH3 is 1. The Labute approximate surface area is 181 Å². The minimum atomic E-state index is -0.0940. The number of nitrogens with zero attached hydrogens (tertiary/aromatic N) is 3. The van der Waals surface area contributed by atoms with Gasteiger partial charge in [0.25, 0.3) is 5.91 Å². The van der Waals surface area contributed by atoms with Gasteiger partial charge in [0.1, 0.15) is 5.75 Å². The standard InChI is InChI=1S/C21H23ClN4O2.ClH/c1-5-26(6-2)21(27)16-12-23-20-15(9-7-13(3)24-20)19(16)25-17-11-14(22)8-10-18(17)28-4;/h7-12H,5-6H2,1-4H3,(H,23,24,25);1H. The monoisotopic (exact) mass is 434 g/mol. The third kappa shape index (κ3) is 4.71. The number of aromatic nitrogens is 2. The van der Waals surface area contributed by atoms with E-state index >= 15 is 0 Å². The molecule has 0 bridgehead atoms. The number of hydrogen-bond donors (Lipinski definition) is 1. The van der Waals surface area contributed by atoms with Gasteiger partial charge in [-0.15, -0.1) is 12.4 Å². The van der Waals surface area contributed by atoms with E-state index < -0.39 is 0 Å². The molecule has 1 aromatic carbocycles. The molecule has 1 N–H and O–H groups in total. The Morgan fingerprint density at radius 2 is 1.93 bits per heavy atom. The molecule has 0 saturated carbocycles. The van der Waals surface area contributed by atoms with Crippen molar-refractivity contribution in [3.05, 3.63) is 52.8 Å². The van der Waals surface area contributed by atoms with Crippen LogP contribution in [0.3, 0.4) is 0 Å². The highest BCUT2D eigenvalue weighted by Gasteiger charge is 2.21. The number of carbonyl (C=O) groups is 1. The number of benzene rings is 1. The Kier molecular flexibility index (Phi) is 7.65. The second-order valence-corrected chi connectivity index (χ2v) is 6.75. The van der Waals surface area contributed by atoms with Crippen molar-refractivity contribution >= 4 is 52.3 Å². The van der Waals surface area contributed by atoms with Crippen molar-refractivity contribution in [3.8, 4) is 5.75 Å². The second kappa shape index (κ2) is 9.76. The van der Waals surface area contributed by atoms with E-state index in [4.69, 9.17) is 16.3 Å². The van der Waals surface area contributed by atoms with Gasteiger partial charge in [0.05, 0.1) is 24.0 Å². The summed E-state index contributed by atoms with van der Waals surface area (Å²) in [5, 5.41) is 4.66. The summed E-state index contributed by atoms with van der Waals surface area (Å²) in [6, 6.07) is 9.12. The lowest BCUT2D eigenvalue weighted by Crippen LogP contribution is -2.31. The van der Waals surface area contributed by atoms with Crippen molar-refractivity contribution < 1.29 is 9.53 Å². The van der Waals surface area contributed by atoms with Crippen LogP contribution >= 0.6 is 24.0 Å². The summed E-state index contributed by atoms with van der Waals surface area (Å²) in [6.45, 7) is 7.03. The van der Waals surface area contributed by atoms with Crippen molar-refractivity contribution in [3.63, 3.8) is 0 Å². The van der Waals surface area contributed by atoms with E-state index in [0.29, 0.717) is 46.4 Å². The average molecular weight is 435 g/mol. The second-order valence-electron chi connectivity index (χ2n) is 6.32. The number of amides is 1. The molecule has 3 rings (SSSR count). The van der Waals surface area contributed by atoms with E-state index in [-0.39, 0.29) is 18.3 Å². The molecular formula is C21H24Cl2N4O2. The van der Waals surface area contributed by atoms with Gasteiger partial charge in [-0.3, -0.25) is 4.79 Å². The Hall–Kier alpha value is -2.57. The maximum atomic E-state index is 13.1. The van der Waals surface area contributed by atoms with Crippen LogP contribution in [0.1, 0.15) is 29.9 Å². The lowest BCUT2D eigenvalue weighted by atomic mass is 10.1. The van der Waals surface area contributed by atoms with Crippen LogP contribution in [0.5, 0.6) is 5.75 Å². The van der Waals surface area contributed by atoms with Gasteiger partial charge in [-0.2, -0.15) is 0 Å². The minimum Gasteiger partial charge on any atom is -0.495 e. The van der Waals surface area contributed by atoms with Crippen molar-refractivity contribution in [1.82, 2.24) is 14.9 Å². The van der Waals surface area contributed by atoms with Gasteiger partial charge >= 0.3 is 0 Å². The Morgan fingerprint density at radius 1 is 1.21 bits per heavy atom. The molecule has 8 heteroatoms. The van der Waals surface area contributed by atoms with E-state index in [1.165, 1.54) is 0 Å². The predicted molar refractivity (Wildman–Crippen MR) is 120 cm³/mol. The number of anilines is 2. The van der Waals surface area contributed by atoms with Crippen LogP contribution < -0.4 is 10.1 Å². The SMILES string of the molecule is CCN(CC)C(=O)c1cnc2nc(C)ccc2c1Nc1cc(Cl)ccc1OC.Cl. The Balaban J connectivity index is 0.00000300. The highest BCUT2D eigenvalue weighted by atomic mass is 35.5. The lowest BCUT2D eigenvalue weighted by molar-refractivity contribution is 0.0773. The first kappa shape index (κ1) is 22.7. The van der Waals surface area contributed by atoms with Gasteiger partial charge in [-0.05, 0) is 51.1 Å². The van der Waals surface area contributed by atoms with Gasteiger partial charge in [-0.1, -0.05) is 11.6 Å². The number of fused-ring (bicyclic) bond motifs is 1. The molecule has 0 radical (unpaired) electrons. The van der Waals surface area contributed by atoms with E-state index in [0.717, 1.165) is 11.1 Å². The van der Waals surface area contributed by atoms with Crippen LogP contribution in [-0.4, -0.2) is 41.0 Å². The maximum Gasteiger partial charge on any atom is 0.257 e. The third-order valence-electron chi connectivity index (χ3n) is 4.57. The molecule has 0 aliphatic heterocycles. The summed E-state index contributed by atoms with van der Waals surface area (Å²) in [5.41, 5.74) is 3.20. The van der Waals surface area contributed by atoms with E-state index in [2.05, 4.69) is 15.3 Å². The molecule has 0 aliphatic rings. The van der Waals surface area contributed by atoms with Crippen LogP contribution in [-0.2, 0) is 0 Å². The topological polar surface area (TPSA) is 67.4 Å². The van der Waals surface area contributed by atoms with Crippen LogP contribution in [0.25, 0.3) is 11.0 Å². The molecule has 2 heterocycles. The summed E-state index contributed by atoms with van der Waals surface area (Å²) >= 11 is 6.18. The summed E-state index contributed by atoms with van der Waals surface area (Å²) in [5.74, 6) is 0.527. The molecule has 0 saturated heterocycles. The van der Waals surface area contributed by atoms with Crippen molar-refractivity contribution in [2.75, 3.05) is 25.5 Å². The number of aryl methyl sites for hydroxylation is 1. The van der Waals surface area contributed by atoms with Crippen molar-refractivity contribution in [2.24, 2.45) is 0 Å². The largest absolute Gasteiger partial charge is 0.495 e. The molecule has 0 aliphatic carbocycles. The fourth-order valence-electron chi connectivity index (χ4n) is 3.06. The number of halogens is 2. The summed E-state index contributed by atoms with van der Waals surface area (Å²) < 4.78 is 5.45. The first-order chi connectivity index (χ1) is 13.5. The molecule has 0 unspecified atom stereocenters. The van der Waals surface area contributed by atoms with E-state index in [1.54, 1.807) is 36.4 Å². The van der Waals surface area contributed by atoms with Gasteiger partial charge in [0.2, 0.25) is 0 Å². The highest BCUT2D eigenvalue weighted by molar-refractivity contribution is 6.31. The van der Waals surface area contributed by atoms with Gasteiger partial charge < -0.3 is 15.0 Å². The third-order valence-corrected chi connectivity index (χ3v) is 4.81. The number of nitrogens with one attached hydrogen (secondary N) is 1. The molecule has 0 fully saturated rings. The molecule has 154 valence electrons. The van der Waals surface area contributed by atoms with Crippen LogP contribution in [0, 0.1) is 6.92 Å². The number of rotatable bonds is 6. The highest BCUT2D eigenvalue weighted by Crippen LogP contribution is 2.35. The molecule has 0 spiro atoms.